The van der Waals surface area contributed by atoms with Crippen molar-refractivity contribution in [2.75, 3.05) is 22.9 Å². The molecule has 0 unspecified atom stereocenters. The van der Waals surface area contributed by atoms with Gasteiger partial charge in [-0.3, -0.25) is 13.7 Å². The van der Waals surface area contributed by atoms with E-state index in [4.69, 9.17) is 0 Å². The second-order valence-corrected chi connectivity index (χ2v) is 10.8. The van der Waals surface area contributed by atoms with E-state index >= 15 is 0 Å². The van der Waals surface area contributed by atoms with Crippen molar-refractivity contribution in [2.45, 2.75) is 31.8 Å². The molecule has 6 nitrogen and oxygen atoms in total. The third-order valence-electron chi connectivity index (χ3n) is 5.30. The Morgan fingerprint density at radius 3 is 2.58 bits per heavy atom. The SMILES string of the molecule is Cc1cc(C)cc(-n2ccnc2SCC(=O)c2ccc3c(c2)CCCN3S(C)(=O)=O)c1. The van der Waals surface area contributed by atoms with Crippen LogP contribution in [0.2, 0.25) is 0 Å². The predicted octanol–water partition coefficient (Wildman–Crippen LogP) is 4.18. The number of carbonyl (C=O) groups is 1. The normalized spacial score (nSPS) is 13.8. The molecule has 162 valence electrons. The van der Waals surface area contributed by atoms with Crippen LogP contribution >= 0.6 is 11.8 Å². The first-order valence-corrected chi connectivity index (χ1v) is 12.9. The lowest BCUT2D eigenvalue weighted by Gasteiger charge is -2.29. The molecule has 8 heteroatoms. The van der Waals surface area contributed by atoms with Gasteiger partial charge in [-0.2, -0.15) is 0 Å². The molecule has 31 heavy (non-hydrogen) atoms. The van der Waals surface area contributed by atoms with Crippen molar-refractivity contribution < 1.29 is 13.2 Å². The van der Waals surface area contributed by atoms with Crippen LogP contribution in [0.5, 0.6) is 0 Å². The molecule has 0 spiro atoms. The van der Waals surface area contributed by atoms with Crippen LogP contribution in [0, 0.1) is 13.8 Å². The fourth-order valence-electron chi connectivity index (χ4n) is 3.98. The molecular weight excluding hydrogens is 430 g/mol. The summed E-state index contributed by atoms with van der Waals surface area (Å²) in [5.41, 5.74) is 5.57. The Balaban J connectivity index is 1.51. The average molecular weight is 456 g/mol. The summed E-state index contributed by atoms with van der Waals surface area (Å²) in [6, 6.07) is 11.6. The molecule has 0 saturated carbocycles. The lowest BCUT2D eigenvalue weighted by molar-refractivity contribution is 0.102. The summed E-state index contributed by atoms with van der Waals surface area (Å²) < 4.78 is 27.5. The van der Waals surface area contributed by atoms with Crippen LogP contribution in [-0.4, -0.2) is 42.3 Å². The van der Waals surface area contributed by atoms with Crippen molar-refractivity contribution >= 4 is 33.3 Å². The van der Waals surface area contributed by atoms with Crippen LogP contribution in [0.3, 0.4) is 0 Å². The summed E-state index contributed by atoms with van der Waals surface area (Å²) in [7, 11) is -3.32. The van der Waals surface area contributed by atoms with Gasteiger partial charge in [0.2, 0.25) is 10.0 Å². The number of aryl methyl sites for hydroxylation is 3. The van der Waals surface area contributed by atoms with E-state index in [9.17, 15) is 13.2 Å². The van der Waals surface area contributed by atoms with Gasteiger partial charge in [-0.1, -0.05) is 17.8 Å². The lowest BCUT2D eigenvalue weighted by atomic mass is 9.99. The highest BCUT2D eigenvalue weighted by Crippen LogP contribution is 2.30. The molecule has 4 rings (SSSR count). The van der Waals surface area contributed by atoms with E-state index in [1.165, 1.54) is 33.4 Å². The molecule has 0 amide bonds. The maximum atomic E-state index is 12.9. The Hall–Kier alpha value is -2.58. The van der Waals surface area contributed by atoms with E-state index in [0.717, 1.165) is 29.2 Å². The maximum Gasteiger partial charge on any atom is 0.232 e. The number of sulfonamides is 1. The molecule has 0 fully saturated rings. The minimum Gasteiger partial charge on any atom is -0.295 e. The number of nitrogens with zero attached hydrogens (tertiary/aromatic N) is 3. The first-order valence-electron chi connectivity index (χ1n) is 10.1. The van der Waals surface area contributed by atoms with E-state index in [1.54, 1.807) is 18.3 Å². The molecule has 0 saturated heterocycles. The van der Waals surface area contributed by atoms with Crippen LogP contribution in [0.4, 0.5) is 5.69 Å². The second kappa shape index (κ2) is 8.51. The fourth-order valence-corrected chi connectivity index (χ4v) is 5.84. The van der Waals surface area contributed by atoms with E-state index in [1.807, 2.05) is 16.8 Å². The number of aromatic nitrogens is 2. The molecule has 3 aromatic rings. The first-order chi connectivity index (χ1) is 14.7. The lowest BCUT2D eigenvalue weighted by Crippen LogP contribution is -2.34. The quantitative estimate of drug-likeness (QED) is 0.412. The van der Waals surface area contributed by atoms with Crippen molar-refractivity contribution in [2.24, 2.45) is 0 Å². The first kappa shape index (κ1) is 21.6. The molecule has 0 bridgehead atoms. The Kier molecular flexibility index (Phi) is 5.94. The number of imidazole rings is 1. The van der Waals surface area contributed by atoms with Gasteiger partial charge >= 0.3 is 0 Å². The standard InChI is InChI=1S/C23H25N3O3S2/c1-16-11-17(2)13-20(12-16)25-10-8-24-23(25)30-15-22(27)19-6-7-21-18(14-19)5-4-9-26(21)31(3,28)29/h6-8,10-14H,4-5,9,15H2,1-3H3. The molecule has 1 aromatic heterocycles. The molecule has 0 atom stereocenters. The van der Waals surface area contributed by atoms with Crippen molar-refractivity contribution in [3.05, 3.63) is 71.0 Å². The number of rotatable bonds is 6. The summed E-state index contributed by atoms with van der Waals surface area (Å²) >= 11 is 1.40. The van der Waals surface area contributed by atoms with Gasteiger partial charge in [0.1, 0.15) is 0 Å². The summed E-state index contributed by atoms with van der Waals surface area (Å²) in [5, 5.41) is 0.763. The number of fused-ring (bicyclic) bond motifs is 1. The van der Waals surface area contributed by atoms with Crippen molar-refractivity contribution in [1.82, 2.24) is 9.55 Å². The van der Waals surface area contributed by atoms with Gasteiger partial charge in [0.25, 0.3) is 0 Å². The highest BCUT2D eigenvalue weighted by atomic mass is 32.2. The Morgan fingerprint density at radius 2 is 1.87 bits per heavy atom. The molecule has 1 aliphatic heterocycles. The van der Waals surface area contributed by atoms with Gasteiger partial charge in [0.15, 0.2) is 10.9 Å². The van der Waals surface area contributed by atoms with Crippen LogP contribution in [0.25, 0.3) is 5.69 Å². The summed E-state index contributed by atoms with van der Waals surface area (Å²) in [5.74, 6) is 0.260. The molecule has 1 aliphatic rings. The number of ketones is 1. The average Bonchev–Trinajstić information content (AvgIpc) is 3.18. The molecular formula is C23H25N3O3S2. The van der Waals surface area contributed by atoms with E-state index < -0.39 is 10.0 Å². The fraction of sp³-hybridized carbons (Fsp3) is 0.304. The third kappa shape index (κ3) is 4.70. The monoisotopic (exact) mass is 455 g/mol. The van der Waals surface area contributed by atoms with Gasteiger partial charge in [-0.15, -0.1) is 0 Å². The molecule has 0 N–H and O–H groups in total. The van der Waals surface area contributed by atoms with Crippen LogP contribution in [0.1, 0.15) is 33.5 Å². The van der Waals surface area contributed by atoms with Crippen molar-refractivity contribution in [1.29, 1.82) is 0 Å². The highest BCUT2D eigenvalue weighted by Gasteiger charge is 2.24. The number of carbonyl (C=O) groups excluding carboxylic acids is 1. The third-order valence-corrected chi connectivity index (χ3v) is 7.45. The van der Waals surface area contributed by atoms with Gasteiger partial charge in [0.05, 0.1) is 17.7 Å². The zero-order valence-corrected chi connectivity index (χ0v) is 19.5. The number of benzene rings is 2. The summed E-state index contributed by atoms with van der Waals surface area (Å²) in [6.07, 6.45) is 6.38. The number of thioether (sulfide) groups is 1. The van der Waals surface area contributed by atoms with Crippen molar-refractivity contribution in [3.8, 4) is 5.69 Å². The zero-order chi connectivity index (χ0) is 22.2. The molecule has 2 aromatic carbocycles. The number of hydrogen-bond acceptors (Lipinski definition) is 5. The van der Waals surface area contributed by atoms with Gasteiger partial charge in [0, 0.05) is 30.2 Å². The Morgan fingerprint density at radius 1 is 1.13 bits per heavy atom. The van der Waals surface area contributed by atoms with E-state index in [-0.39, 0.29) is 11.5 Å². The summed E-state index contributed by atoms with van der Waals surface area (Å²) in [6.45, 7) is 4.60. The Bertz CT molecular complexity index is 1230. The van der Waals surface area contributed by atoms with Gasteiger partial charge in [-0.05, 0) is 73.7 Å². The smallest absolute Gasteiger partial charge is 0.232 e. The van der Waals surface area contributed by atoms with E-state index in [2.05, 4.69) is 37.0 Å². The zero-order valence-electron chi connectivity index (χ0n) is 17.8. The Labute approximate surface area is 187 Å². The molecule has 0 radical (unpaired) electrons. The van der Waals surface area contributed by atoms with Gasteiger partial charge < -0.3 is 0 Å². The minimum atomic E-state index is -3.32. The minimum absolute atomic E-state index is 0.000693. The predicted molar refractivity (Wildman–Crippen MR) is 125 cm³/mol. The highest BCUT2D eigenvalue weighted by molar-refractivity contribution is 7.99. The number of anilines is 1. The number of hydrogen-bond donors (Lipinski definition) is 0. The summed E-state index contributed by atoms with van der Waals surface area (Å²) in [4.78, 5) is 17.3. The second-order valence-electron chi connectivity index (χ2n) is 7.92. The molecule has 2 heterocycles. The van der Waals surface area contributed by atoms with Crippen LogP contribution in [-0.2, 0) is 16.4 Å². The van der Waals surface area contributed by atoms with Gasteiger partial charge in [-0.25, -0.2) is 13.4 Å². The van der Waals surface area contributed by atoms with E-state index in [0.29, 0.717) is 17.8 Å². The van der Waals surface area contributed by atoms with Crippen LogP contribution in [0.15, 0.2) is 53.9 Å². The topological polar surface area (TPSA) is 72.3 Å². The van der Waals surface area contributed by atoms with Crippen molar-refractivity contribution in [3.63, 3.8) is 0 Å². The number of Topliss-reactive ketones (excluding diaryl/α,β-unsaturated/α-hetero) is 1. The molecule has 0 aliphatic carbocycles. The largest absolute Gasteiger partial charge is 0.295 e. The van der Waals surface area contributed by atoms with Crippen LogP contribution < -0.4 is 4.31 Å². The maximum absolute atomic E-state index is 12.9.